The average Bonchev–Trinajstić information content (AvgIpc) is 3.18. The minimum absolute atomic E-state index is 0.0661. The van der Waals surface area contributed by atoms with Gasteiger partial charge in [0.2, 0.25) is 10.0 Å². The third-order valence-corrected chi connectivity index (χ3v) is 6.77. The fourth-order valence-electron chi connectivity index (χ4n) is 2.60. The predicted octanol–water partition coefficient (Wildman–Crippen LogP) is 4.27. The van der Waals surface area contributed by atoms with E-state index in [2.05, 4.69) is 0 Å². The van der Waals surface area contributed by atoms with Gasteiger partial charge in [-0.2, -0.15) is 4.31 Å². The number of aromatic nitrogens is 1. The summed E-state index contributed by atoms with van der Waals surface area (Å²) in [5, 5.41) is 2.50. The Kier molecular flexibility index (Phi) is 5.64. The van der Waals surface area contributed by atoms with Crippen LogP contribution in [0, 0.1) is 0 Å². The van der Waals surface area contributed by atoms with E-state index in [-0.39, 0.29) is 5.75 Å². The molecule has 0 saturated carbocycles. The van der Waals surface area contributed by atoms with Crippen LogP contribution in [0.25, 0.3) is 0 Å². The highest BCUT2D eigenvalue weighted by Gasteiger charge is 2.24. The zero-order chi connectivity index (χ0) is 17.9. The number of benzene rings is 1. The van der Waals surface area contributed by atoms with E-state index in [0.717, 1.165) is 10.6 Å². The molecule has 0 aliphatic heterocycles. The minimum atomic E-state index is -3.49. The maximum atomic E-state index is 13.1. The number of thiophene rings is 1. The summed E-state index contributed by atoms with van der Waals surface area (Å²) in [6.45, 7) is 0.704. The van der Waals surface area contributed by atoms with Crippen molar-refractivity contribution in [2.24, 2.45) is 7.05 Å². The molecule has 25 heavy (non-hydrogen) atoms. The van der Waals surface area contributed by atoms with E-state index in [9.17, 15) is 8.42 Å². The normalized spacial score (nSPS) is 12.0. The summed E-state index contributed by atoms with van der Waals surface area (Å²) < 4.78 is 29.6. The molecule has 0 bridgehead atoms. The Labute approximate surface area is 157 Å². The second-order valence-corrected chi connectivity index (χ2v) is 9.28. The summed E-state index contributed by atoms with van der Waals surface area (Å²) >= 11 is 7.55. The lowest BCUT2D eigenvalue weighted by Crippen LogP contribution is -2.31. The molecule has 7 heteroatoms. The van der Waals surface area contributed by atoms with E-state index >= 15 is 0 Å². The molecule has 0 aliphatic carbocycles. The van der Waals surface area contributed by atoms with Gasteiger partial charge in [-0.25, -0.2) is 8.42 Å². The number of rotatable bonds is 7. The van der Waals surface area contributed by atoms with Gasteiger partial charge in [0.1, 0.15) is 0 Å². The van der Waals surface area contributed by atoms with Crippen molar-refractivity contribution in [3.63, 3.8) is 0 Å². The Morgan fingerprint density at radius 2 is 1.96 bits per heavy atom. The van der Waals surface area contributed by atoms with Crippen molar-refractivity contribution in [1.29, 1.82) is 0 Å². The molecule has 0 radical (unpaired) electrons. The van der Waals surface area contributed by atoms with E-state index < -0.39 is 10.0 Å². The SMILES string of the molecule is Cn1cccc1CN(Cc1cccs1)S(=O)(=O)Cc1cccc(Cl)c1. The molecule has 0 atom stereocenters. The number of aryl methyl sites for hydroxylation is 1. The van der Waals surface area contributed by atoms with Crippen LogP contribution in [0.4, 0.5) is 0 Å². The molecule has 1 aromatic carbocycles. The van der Waals surface area contributed by atoms with Crippen LogP contribution in [0.2, 0.25) is 5.02 Å². The summed E-state index contributed by atoms with van der Waals surface area (Å²) in [5.41, 5.74) is 1.64. The van der Waals surface area contributed by atoms with E-state index in [1.54, 1.807) is 35.6 Å². The minimum Gasteiger partial charge on any atom is -0.353 e. The lowest BCUT2D eigenvalue weighted by Gasteiger charge is -2.22. The van der Waals surface area contributed by atoms with Gasteiger partial charge < -0.3 is 4.57 Å². The molecule has 2 heterocycles. The van der Waals surface area contributed by atoms with Gasteiger partial charge >= 0.3 is 0 Å². The van der Waals surface area contributed by atoms with Crippen molar-refractivity contribution in [2.75, 3.05) is 0 Å². The predicted molar refractivity (Wildman–Crippen MR) is 103 cm³/mol. The van der Waals surface area contributed by atoms with Gasteiger partial charge in [0.05, 0.1) is 12.3 Å². The molecule has 3 aromatic rings. The standard InChI is InChI=1S/C18H19ClN2O2S2/c1-20-9-3-7-17(20)12-21(13-18-8-4-10-24-18)25(22,23)14-15-5-2-6-16(19)11-15/h2-11H,12-14H2,1H3. The summed E-state index contributed by atoms with van der Waals surface area (Å²) in [6, 6.07) is 14.7. The van der Waals surface area contributed by atoms with Gasteiger partial charge in [0, 0.05) is 35.4 Å². The highest BCUT2D eigenvalue weighted by atomic mass is 35.5. The molecule has 0 N–H and O–H groups in total. The van der Waals surface area contributed by atoms with Crippen molar-refractivity contribution in [1.82, 2.24) is 8.87 Å². The first-order valence-electron chi connectivity index (χ1n) is 7.79. The maximum absolute atomic E-state index is 13.1. The first-order chi connectivity index (χ1) is 11.9. The first kappa shape index (κ1) is 18.2. The van der Waals surface area contributed by atoms with Gasteiger partial charge in [0.25, 0.3) is 0 Å². The van der Waals surface area contributed by atoms with Gasteiger partial charge in [-0.05, 0) is 41.3 Å². The Hall–Kier alpha value is -1.60. The lowest BCUT2D eigenvalue weighted by molar-refractivity contribution is 0.395. The van der Waals surface area contributed by atoms with E-state index in [1.807, 2.05) is 47.5 Å². The topological polar surface area (TPSA) is 42.3 Å². The van der Waals surface area contributed by atoms with Gasteiger partial charge in [-0.15, -0.1) is 11.3 Å². The molecule has 4 nitrogen and oxygen atoms in total. The van der Waals surface area contributed by atoms with Crippen LogP contribution in [0.1, 0.15) is 16.1 Å². The molecule has 132 valence electrons. The molecular weight excluding hydrogens is 376 g/mol. The molecular formula is C18H19ClN2O2S2. The van der Waals surface area contributed by atoms with E-state index in [4.69, 9.17) is 11.6 Å². The van der Waals surface area contributed by atoms with Gasteiger partial charge in [-0.1, -0.05) is 29.8 Å². The van der Waals surface area contributed by atoms with Crippen LogP contribution in [-0.2, 0) is 35.9 Å². The third kappa shape index (κ3) is 4.73. The molecule has 0 spiro atoms. The molecule has 0 fully saturated rings. The fraction of sp³-hybridized carbons (Fsp3) is 0.222. The number of nitrogens with zero attached hydrogens (tertiary/aromatic N) is 2. The highest BCUT2D eigenvalue weighted by molar-refractivity contribution is 7.88. The van der Waals surface area contributed by atoms with Crippen molar-refractivity contribution in [2.45, 2.75) is 18.8 Å². The summed E-state index contributed by atoms with van der Waals surface area (Å²) in [7, 11) is -1.57. The Morgan fingerprint density at radius 1 is 1.12 bits per heavy atom. The summed E-state index contributed by atoms with van der Waals surface area (Å²) in [5.74, 6) is -0.0661. The molecule has 0 amide bonds. The van der Waals surface area contributed by atoms with Crippen LogP contribution in [-0.4, -0.2) is 17.3 Å². The zero-order valence-corrected chi connectivity index (χ0v) is 16.2. The molecule has 3 rings (SSSR count). The zero-order valence-electron chi connectivity index (χ0n) is 13.8. The quantitative estimate of drug-likeness (QED) is 0.600. The number of halogens is 1. The first-order valence-corrected chi connectivity index (χ1v) is 10.7. The maximum Gasteiger partial charge on any atom is 0.218 e. The lowest BCUT2D eigenvalue weighted by atomic mass is 10.2. The number of sulfonamides is 1. The van der Waals surface area contributed by atoms with Gasteiger partial charge in [-0.3, -0.25) is 0 Å². The second kappa shape index (κ2) is 7.74. The molecule has 0 unspecified atom stereocenters. The highest BCUT2D eigenvalue weighted by Crippen LogP contribution is 2.21. The molecule has 0 saturated heterocycles. The average molecular weight is 395 g/mol. The Bertz CT molecular complexity index is 934. The van der Waals surface area contributed by atoms with Gasteiger partial charge in [0.15, 0.2) is 0 Å². The van der Waals surface area contributed by atoms with E-state index in [1.165, 1.54) is 4.31 Å². The van der Waals surface area contributed by atoms with Crippen molar-refractivity contribution in [3.8, 4) is 0 Å². The Morgan fingerprint density at radius 3 is 2.60 bits per heavy atom. The third-order valence-electron chi connectivity index (χ3n) is 3.93. The van der Waals surface area contributed by atoms with Crippen LogP contribution in [0.5, 0.6) is 0 Å². The monoisotopic (exact) mass is 394 g/mol. The van der Waals surface area contributed by atoms with Crippen LogP contribution in [0.15, 0.2) is 60.1 Å². The van der Waals surface area contributed by atoms with Crippen LogP contribution >= 0.6 is 22.9 Å². The summed E-state index contributed by atoms with van der Waals surface area (Å²) in [4.78, 5) is 1.02. The van der Waals surface area contributed by atoms with Crippen LogP contribution < -0.4 is 0 Å². The van der Waals surface area contributed by atoms with Crippen molar-refractivity contribution in [3.05, 3.63) is 81.3 Å². The largest absolute Gasteiger partial charge is 0.353 e. The fourth-order valence-corrected chi connectivity index (χ4v) is 5.06. The molecule has 0 aliphatic rings. The van der Waals surface area contributed by atoms with E-state index in [0.29, 0.717) is 23.7 Å². The molecule has 2 aromatic heterocycles. The second-order valence-electron chi connectivity index (χ2n) is 5.84. The smallest absolute Gasteiger partial charge is 0.218 e. The Balaban J connectivity index is 1.87. The summed E-state index contributed by atoms with van der Waals surface area (Å²) in [6.07, 6.45) is 1.92. The van der Waals surface area contributed by atoms with Crippen LogP contribution in [0.3, 0.4) is 0 Å². The number of hydrogen-bond acceptors (Lipinski definition) is 3. The van der Waals surface area contributed by atoms with Crippen molar-refractivity contribution >= 4 is 33.0 Å². The number of hydrogen-bond donors (Lipinski definition) is 0. The van der Waals surface area contributed by atoms with Crippen molar-refractivity contribution < 1.29 is 8.42 Å².